The van der Waals surface area contributed by atoms with E-state index >= 15 is 0 Å². The van der Waals surface area contributed by atoms with Crippen LogP contribution < -0.4 is 10.1 Å². The van der Waals surface area contributed by atoms with Crippen LogP contribution in [0.15, 0.2) is 77.8 Å². The number of nitrogens with zero attached hydrogens (tertiary/aromatic N) is 3. The highest BCUT2D eigenvalue weighted by Crippen LogP contribution is 2.36. The number of aromatic nitrogens is 3. The van der Waals surface area contributed by atoms with Crippen molar-refractivity contribution in [2.45, 2.75) is 18.3 Å². The number of allylic oxidation sites excluding steroid dienone is 1. The molecule has 0 fully saturated rings. The number of rotatable bonds is 11. The van der Waals surface area contributed by atoms with Gasteiger partial charge in [0.15, 0.2) is 11.0 Å². The Morgan fingerprint density at radius 1 is 1.16 bits per heavy atom. The molecule has 0 bridgehead atoms. The molecule has 11 heteroatoms. The van der Waals surface area contributed by atoms with E-state index in [9.17, 15) is 9.59 Å². The number of para-hydroxylation sites is 1. The van der Waals surface area contributed by atoms with Crippen molar-refractivity contribution in [3.8, 4) is 16.9 Å². The molecule has 0 radical (unpaired) electrons. The van der Waals surface area contributed by atoms with Gasteiger partial charge >= 0.3 is 5.97 Å². The molecule has 190 valence electrons. The number of hydrogen-bond acceptors (Lipinski definition) is 8. The standard InChI is InChI=1S/C26H23ClN4O4S2/c1-3-13-31-21(14-35-20-12-8-7-11-19(20)27)29-30-26(31)37-16-22(32)28-24-23(25(33)34-2)18(15-36-24)17-9-5-4-6-10-17/h3-12,15H,1,13-14,16H2,2H3,(H,28,32). The Labute approximate surface area is 227 Å². The number of thioether (sulfide) groups is 1. The summed E-state index contributed by atoms with van der Waals surface area (Å²) in [5.74, 6) is 0.356. The van der Waals surface area contributed by atoms with Gasteiger partial charge in [0.25, 0.3) is 0 Å². The molecule has 0 spiro atoms. The number of amides is 1. The van der Waals surface area contributed by atoms with Gasteiger partial charge in [-0.2, -0.15) is 0 Å². The average molecular weight is 555 g/mol. The van der Waals surface area contributed by atoms with Crippen molar-refractivity contribution in [1.29, 1.82) is 0 Å². The highest BCUT2D eigenvalue weighted by molar-refractivity contribution is 7.99. The maximum atomic E-state index is 12.8. The zero-order valence-electron chi connectivity index (χ0n) is 19.8. The Balaban J connectivity index is 1.44. The van der Waals surface area contributed by atoms with Crippen LogP contribution in [0.5, 0.6) is 5.75 Å². The van der Waals surface area contributed by atoms with Gasteiger partial charge in [0.1, 0.15) is 22.9 Å². The van der Waals surface area contributed by atoms with Crippen LogP contribution in [0.25, 0.3) is 11.1 Å². The predicted molar refractivity (Wildman–Crippen MR) is 146 cm³/mol. The third kappa shape index (κ3) is 6.40. The molecule has 4 rings (SSSR count). The Hall–Kier alpha value is -3.60. The van der Waals surface area contributed by atoms with E-state index in [1.807, 2.05) is 52.4 Å². The summed E-state index contributed by atoms with van der Waals surface area (Å²) >= 11 is 8.65. The van der Waals surface area contributed by atoms with Crippen molar-refractivity contribution in [3.63, 3.8) is 0 Å². The molecule has 0 aliphatic heterocycles. The molecule has 8 nitrogen and oxygen atoms in total. The van der Waals surface area contributed by atoms with E-state index in [1.165, 1.54) is 30.2 Å². The fourth-order valence-corrected chi connectivity index (χ4v) is 5.36. The van der Waals surface area contributed by atoms with Crippen LogP contribution >= 0.6 is 34.7 Å². The zero-order chi connectivity index (χ0) is 26.2. The molecular weight excluding hydrogens is 532 g/mol. The van der Waals surface area contributed by atoms with Gasteiger partial charge in [-0.15, -0.1) is 28.1 Å². The first kappa shape index (κ1) is 26.5. The lowest BCUT2D eigenvalue weighted by Gasteiger charge is -2.10. The molecule has 0 aliphatic rings. The fourth-order valence-electron chi connectivity index (χ4n) is 3.43. The number of benzene rings is 2. The summed E-state index contributed by atoms with van der Waals surface area (Å²) in [7, 11) is 1.32. The number of carbonyl (C=O) groups is 2. The number of carbonyl (C=O) groups excluding carboxylic acids is 2. The molecule has 1 N–H and O–H groups in total. The fraction of sp³-hybridized carbons (Fsp3) is 0.154. The largest absolute Gasteiger partial charge is 0.484 e. The topological polar surface area (TPSA) is 95.3 Å². The molecule has 0 saturated heterocycles. The molecule has 2 aromatic carbocycles. The van der Waals surface area contributed by atoms with Gasteiger partial charge in [-0.25, -0.2) is 4.79 Å². The van der Waals surface area contributed by atoms with Gasteiger partial charge in [-0.3, -0.25) is 9.36 Å². The second kappa shape index (κ2) is 12.6. The monoisotopic (exact) mass is 554 g/mol. The summed E-state index contributed by atoms with van der Waals surface area (Å²) in [5, 5.41) is 14.6. The summed E-state index contributed by atoms with van der Waals surface area (Å²) in [6.07, 6.45) is 1.71. The minimum absolute atomic E-state index is 0.0554. The summed E-state index contributed by atoms with van der Waals surface area (Å²) in [4.78, 5) is 25.4. The van der Waals surface area contributed by atoms with Crippen LogP contribution in [0.3, 0.4) is 0 Å². The van der Waals surface area contributed by atoms with Crippen molar-refractivity contribution >= 4 is 51.6 Å². The van der Waals surface area contributed by atoms with Gasteiger partial charge < -0.3 is 14.8 Å². The van der Waals surface area contributed by atoms with Crippen LogP contribution in [0.4, 0.5) is 5.00 Å². The van der Waals surface area contributed by atoms with Crippen LogP contribution in [-0.4, -0.2) is 39.5 Å². The number of thiophene rings is 1. The minimum atomic E-state index is -0.517. The summed E-state index contributed by atoms with van der Waals surface area (Å²) < 4.78 is 12.6. The Morgan fingerprint density at radius 2 is 1.92 bits per heavy atom. The van der Waals surface area contributed by atoms with Gasteiger partial charge in [0.2, 0.25) is 5.91 Å². The molecule has 1 amide bonds. The van der Waals surface area contributed by atoms with E-state index in [-0.39, 0.29) is 18.3 Å². The van der Waals surface area contributed by atoms with E-state index in [2.05, 4.69) is 22.1 Å². The first-order chi connectivity index (χ1) is 18.0. The summed E-state index contributed by atoms with van der Waals surface area (Å²) in [6, 6.07) is 16.6. The molecule has 0 saturated carbocycles. The van der Waals surface area contributed by atoms with Gasteiger partial charge in [-0.05, 0) is 17.7 Å². The van der Waals surface area contributed by atoms with Gasteiger partial charge in [0.05, 0.1) is 17.9 Å². The average Bonchev–Trinajstić information content (AvgIpc) is 3.51. The third-order valence-corrected chi connectivity index (χ3v) is 7.32. The first-order valence-corrected chi connectivity index (χ1v) is 13.3. The minimum Gasteiger partial charge on any atom is -0.484 e. The number of methoxy groups -OCH3 is 1. The second-order valence-corrected chi connectivity index (χ2v) is 9.79. The van der Waals surface area contributed by atoms with E-state index < -0.39 is 5.97 Å². The highest BCUT2D eigenvalue weighted by atomic mass is 35.5. The van der Waals surface area contributed by atoms with E-state index in [0.717, 1.165) is 5.56 Å². The van der Waals surface area contributed by atoms with Gasteiger partial charge in [0, 0.05) is 17.5 Å². The lowest BCUT2D eigenvalue weighted by atomic mass is 10.0. The highest BCUT2D eigenvalue weighted by Gasteiger charge is 2.23. The lowest BCUT2D eigenvalue weighted by Crippen LogP contribution is -2.16. The summed E-state index contributed by atoms with van der Waals surface area (Å²) in [5.41, 5.74) is 1.89. The van der Waals surface area contributed by atoms with Crippen molar-refractivity contribution in [2.24, 2.45) is 0 Å². The Kier molecular flexibility index (Phi) is 8.99. The number of hydrogen-bond donors (Lipinski definition) is 1. The van der Waals surface area contributed by atoms with Crippen LogP contribution in [-0.2, 0) is 22.7 Å². The molecule has 0 aliphatic carbocycles. The van der Waals surface area contributed by atoms with E-state index in [0.29, 0.717) is 44.4 Å². The Bertz CT molecular complexity index is 1400. The number of halogens is 1. The number of ether oxygens (including phenoxy) is 2. The molecule has 2 aromatic heterocycles. The molecular formula is C26H23ClN4O4S2. The van der Waals surface area contributed by atoms with Crippen molar-refractivity contribution in [1.82, 2.24) is 14.8 Å². The van der Waals surface area contributed by atoms with Crippen LogP contribution in [0.1, 0.15) is 16.2 Å². The van der Waals surface area contributed by atoms with Crippen LogP contribution in [0, 0.1) is 0 Å². The number of nitrogens with one attached hydrogen (secondary N) is 1. The lowest BCUT2D eigenvalue weighted by molar-refractivity contribution is -0.113. The zero-order valence-corrected chi connectivity index (χ0v) is 22.2. The molecule has 4 aromatic rings. The van der Waals surface area contributed by atoms with E-state index in [4.69, 9.17) is 21.1 Å². The van der Waals surface area contributed by atoms with E-state index in [1.54, 1.807) is 18.2 Å². The summed E-state index contributed by atoms with van der Waals surface area (Å²) in [6.45, 7) is 4.38. The number of anilines is 1. The molecule has 2 heterocycles. The normalized spacial score (nSPS) is 10.6. The quantitative estimate of drug-likeness (QED) is 0.139. The molecule has 37 heavy (non-hydrogen) atoms. The first-order valence-electron chi connectivity index (χ1n) is 11.1. The van der Waals surface area contributed by atoms with Crippen molar-refractivity contribution < 1.29 is 19.1 Å². The third-order valence-electron chi connectivity index (χ3n) is 5.15. The maximum Gasteiger partial charge on any atom is 0.341 e. The molecule has 0 atom stereocenters. The number of esters is 1. The molecule has 0 unspecified atom stereocenters. The van der Waals surface area contributed by atoms with Crippen molar-refractivity contribution in [2.75, 3.05) is 18.2 Å². The second-order valence-electron chi connectivity index (χ2n) is 7.57. The predicted octanol–water partition coefficient (Wildman–Crippen LogP) is 5.94. The van der Waals surface area contributed by atoms with Crippen molar-refractivity contribution in [3.05, 3.63) is 89.0 Å². The van der Waals surface area contributed by atoms with Gasteiger partial charge in [-0.1, -0.05) is 71.9 Å². The Morgan fingerprint density at radius 3 is 2.65 bits per heavy atom. The smallest absolute Gasteiger partial charge is 0.341 e. The maximum absolute atomic E-state index is 12.8. The van der Waals surface area contributed by atoms with Crippen LogP contribution in [0.2, 0.25) is 5.02 Å². The SMILES string of the molecule is C=CCn1c(COc2ccccc2Cl)nnc1SCC(=O)Nc1scc(-c2ccccc2)c1C(=O)OC.